The van der Waals surface area contributed by atoms with Crippen molar-refractivity contribution < 1.29 is 105 Å². The van der Waals surface area contributed by atoms with Crippen LogP contribution in [0.25, 0.3) is 0 Å². The van der Waals surface area contributed by atoms with E-state index in [1.54, 1.807) is 0 Å². The summed E-state index contributed by atoms with van der Waals surface area (Å²) in [6, 6.07) is 6.26. The average Bonchev–Trinajstić information content (AvgIpc) is 3.22. The van der Waals surface area contributed by atoms with Crippen molar-refractivity contribution >= 4 is 34.1 Å². The minimum absolute atomic E-state index is 0.0219. The summed E-state index contributed by atoms with van der Waals surface area (Å²) in [6.45, 7) is 0. The molecule has 0 bridgehead atoms. The third-order valence-corrected chi connectivity index (χ3v) is 10.1. The minimum atomic E-state index is -5.55. The lowest BCUT2D eigenvalue weighted by Crippen LogP contribution is -2.18. The van der Waals surface area contributed by atoms with Gasteiger partial charge >= 0.3 is 49.4 Å². The highest BCUT2D eigenvalue weighted by Crippen LogP contribution is 2.48. The van der Waals surface area contributed by atoms with Gasteiger partial charge in [-0.1, -0.05) is 24.3 Å². The first-order valence-corrected chi connectivity index (χ1v) is 19.2. The van der Waals surface area contributed by atoms with Gasteiger partial charge in [0.15, 0.2) is 0 Å². The highest BCUT2D eigenvalue weighted by Gasteiger charge is 2.42. The third kappa shape index (κ3) is 12.6. The standard InChI is InChI=1S/C45H22F24N2/c46-38(47,48)24-10-25(39(49,50)51)15-34(14-24)70(35-16-26(40(52,53)54)11-27(17-35)41(55,56)57)32-5-1-22(2-6-32)9-23-3-7-33(8-4-23)71(36-18-28(42(58,59)60)12-29(19-36)43(61,62)63)37-20-30(44(64,65)66)13-31(21-37)45(67,68)69/h1-8,10-21H,9H2. The van der Waals surface area contributed by atoms with Crippen LogP contribution < -0.4 is 9.80 Å². The van der Waals surface area contributed by atoms with Crippen LogP contribution in [0.2, 0.25) is 0 Å². The first-order chi connectivity index (χ1) is 32.2. The number of hydrogen-bond acceptors (Lipinski definition) is 2. The van der Waals surface area contributed by atoms with Crippen LogP contribution in [-0.2, 0) is 55.8 Å². The predicted molar refractivity (Wildman–Crippen MR) is 205 cm³/mol. The molecule has 0 unspecified atom stereocenters. The van der Waals surface area contributed by atoms with Gasteiger partial charge in [-0.25, -0.2) is 0 Å². The molecule has 0 N–H and O–H groups in total. The van der Waals surface area contributed by atoms with Crippen LogP contribution >= 0.6 is 0 Å². The molecule has 0 heterocycles. The molecule has 6 rings (SSSR count). The van der Waals surface area contributed by atoms with Crippen molar-refractivity contribution in [2.24, 2.45) is 0 Å². The van der Waals surface area contributed by atoms with Gasteiger partial charge in [-0.2, -0.15) is 105 Å². The van der Waals surface area contributed by atoms with Gasteiger partial charge in [-0.3, -0.25) is 0 Å². The molecule has 26 heteroatoms. The van der Waals surface area contributed by atoms with Crippen molar-refractivity contribution in [3.63, 3.8) is 0 Å². The van der Waals surface area contributed by atoms with Crippen LogP contribution in [0.3, 0.4) is 0 Å². The fourth-order valence-corrected chi connectivity index (χ4v) is 6.93. The molecule has 380 valence electrons. The Hall–Kier alpha value is -6.76. The zero-order chi connectivity index (χ0) is 53.2. The fraction of sp³-hybridized carbons (Fsp3) is 0.200. The van der Waals surface area contributed by atoms with Crippen LogP contribution in [0.1, 0.15) is 55.6 Å². The molecule has 0 radical (unpaired) electrons. The highest BCUT2D eigenvalue weighted by atomic mass is 19.4. The molecular weight excluding hydrogens is 1020 g/mol. The van der Waals surface area contributed by atoms with E-state index < -0.39 is 128 Å². The lowest BCUT2D eigenvalue weighted by Gasteiger charge is -2.29. The molecule has 0 atom stereocenters. The van der Waals surface area contributed by atoms with Gasteiger partial charge in [0.05, 0.1) is 44.5 Å². The Bertz CT molecular complexity index is 2400. The average molecular weight is 1050 g/mol. The lowest BCUT2D eigenvalue weighted by atomic mass is 10.0. The number of alkyl halides is 24. The summed E-state index contributed by atoms with van der Waals surface area (Å²) < 4.78 is 334. The number of hydrogen-bond donors (Lipinski definition) is 0. The second kappa shape index (κ2) is 18.1. The van der Waals surface area contributed by atoms with Crippen molar-refractivity contribution in [1.29, 1.82) is 0 Å². The van der Waals surface area contributed by atoms with E-state index in [-0.39, 0.29) is 100 Å². The Morgan fingerprint density at radius 1 is 0.211 bits per heavy atom. The molecule has 0 aliphatic carbocycles. The SMILES string of the molecule is FC(F)(F)c1cc(N(c2ccc(Cc3ccc(N(c4cc(C(F)(F)F)cc(C(F)(F)F)c4)c4cc(C(F)(F)F)cc(C(F)(F)F)c4)cc3)cc2)c2cc(C(F)(F)F)cc(C(F)(F)F)c2)cc(C(F)(F)F)c1. The summed E-state index contributed by atoms with van der Waals surface area (Å²) in [5.74, 6) is 0. The Kier molecular flexibility index (Phi) is 13.7. The van der Waals surface area contributed by atoms with Crippen LogP contribution in [0.15, 0.2) is 121 Å². The summed E-state index contributed by atoms with van der Waals surface area (Å²) >= 11 is 0. The summed E-state index contributed by atoms with van der Waals surface area (Å²) in [5, 5.41) is 0. The smallest absolute Gasteiger partial charge is 0.310 e. The number of nitrogens with zero attached hydrogens (tertiary/aromatic N) is 2. The zero-order valence-corrected chi connectivity index (χ0v) is 34.2. The Labute approximate surface area is 381 Å². The number of halogens is 24. The molecule has 2 nitrogen and oxygen atoms in total. The van der Waals surface area contributed by atoms with E-state index in [0.717, 1.165) is 48.5 Å². The van der Waals surface area contributed by atoms with Gasteiger partial charge in [0.25, 0.3) is 0 Å². The number of anilines is 6. The Morgan fingerprint density at radius 2 is 0.366 bits per heavy atom. The van der Waals surface area contributed by atoms with Crippen LogP contribution in [0, 0.1) is 0 Å². The van der Waals surface area contributed by atoms with Gasteiger partial charge in [0.2, 0.25) is 0 Å². The summed E-state index contributed by atoms with van der Waals surface area (Å²) in [6.07, 6.45) is -44.8. The van der Waals surface area contributed by atoms with Crippen LogP contribution in [-0.4, -0.2) is 0 Å². The van der Waals surface area contributed by atoms with E-state index in [2.05, 4.69) is 0 Å². The maximum Gasteiger partial charge on any atom is 0.416 e. The van der Waals surface area contributed by atoms with Gasteiger partial charge in [0, 0.05) is 34.1 Å². The monoisotopic (exact) mass is 1050 g/mol. The highest BCUT2D eigenvalue weighted by molar-refractivity contribution is 5.80. The first-order valence-electron chi connectivity index (χ1n) is 19.2. The first kappa shape index (κ1) is 53.6. The van der Waals surface area contributed by atoms with Crippen LogP contribution in [0.4, 0.5) is 139 Å². The predicted octanol–water partition coefficient (Wildman–Crippen LogP) is 18.4. The minimum Gasteiger partial charge on any atom is -0.310 e. The topological polar surface area (TPSA) is 6.48 Å². The van der Waals surface area contributed by atoms with E-state index in [0.29, 0.717) is 0 Å². The molecule has 0 spiro atoms. The third-order valence-electron chi connectivity index (χ3n) is 10.1. The van der Waals surface area contributed by atoms with E-state index in [4.69, 9.17) is 0 Å². The van der Waals surface area contributed by atoms with Gasteiger partial charge in [-0.15, -0.1) is 0 Å². The van der Waals surface area contributed by atoms with Crippen LogP contribution in [0.5, 0.6) is 0 Å². The van der Waals surface area contributed by atoms with Gasteiger partial charge in [-0.05, 0) is 115 Å². The molecule has 0 aliphatic heterocycles. The second-order valence-corrected chi connectivity index (χ2v) is 15.2. The van der Waals surface area contributed by atoms with Crippen molar-refractivity contribution in [3.8, 4) is 0 Å². The molecule has 0 fully saturated rings. The van der Waals surface area contributed by atoms with Crippen molar-refractivity contribution in [1.82, 2.24) is 0 Å². The van der Waals surface area contributed by atoms with Gasteiger partial charge < -0.3 is 9.80 Å². The second-order valence-electron chi connectivity index (χ2n) is 15.2. The summed E-state index contributed by atoms with van der Waals surface area (Å²) in [4.78, 5) is 0.468. The lowest BCUT2D eigenvalue weighted by molar-refractivity contribution is -0.144. The van der Waals surface area contributed by atoms with Crippen molar-refractivity contribution in [3.05, 3.63) is 177 Å². The zero-order valence-electron chi connectivity index (χ0n) is 34.2. The summed E-state index contributed by atoms with van der Waals surface area (Å²) in [7, 11) is 0. The van der Waals surface area contributed by atoms with E-state index in [1.807, 2.05) is 0 Å². The van der Waals surface area contributed by atoms with E-state index >= 15 is 0 Å². The van der Waals surface area contributed by atoms with E-state index in [1.165, 1.54) is 0 Å². The molecule has 6 aromatic rings. The van der Waals surface area contributed by atoms with E-state index in [9.17, 15) is 105 Å². The Morgan fingerprint density at radius 3 is 0.507 bits per heavy atom. The molecule has 0 amide bonds. The quantitative estimate of drug-likeness (QED) is 0.140. The molecule has 0 saturated carbocycles. The van der Waals surface area contributed by atoms with Crippen molar-refractivity contribution in [2.45, 2.75) is 55.8 Å². The Balaban J connectivity index is 1.48. The molecule has 0 saturated heterocycles. The molecule has 6 aromatic carbocycles. The van der Waals surface area contributed by atoms with Gasteiger partial charge in [0.1, 0.15) is 0 Å². The maximum atomic E-state index is 13.9. The number of rotatable bonds is 8. The maximum absolute atomic E-state index is 13.9. The largest absolute Gasteiger partial charge is 0.416 e. The summed E-state index contributed by atoms with van der Waals surface area (Å²) in [5.41, 5.74) is -22.1. The molecular formula is C45H22F24N2. The molecule has 0 aromatic heterocycles. The van der Waals surface area contributed by atoms with Crippen molar-refractivity contribution in [2.75, 3.05) is 9.80 Å². The molecule has 0 aliphatic rings. The number of benzene rings is 6. The fourth-order valence-electron chi connectivity index (χ4n) is 6.93. The normalized spacial score (nSPS) is 13.4. The molecule has 71 heavy (non-hydrogen) atoms.